The second kappa shape index (κ2) is 10.7. The van der Waals surface area contributed by atoms with Crippen LogP contribution >= 0.6 is 0 Å². The fourth-order valence-corrected chi connectivity index (χ4v) is 4.34. The molecule has 2 N–H and O–H groups in total. The van der Waals surface area contributed by atoms with Crippen LogP contribution in [0.1, 0.15) is 49.1 Å². The van der Waals surface area contributed by atoms with E-state index >= 15 is 0 Å². The predicted molar refractivity (Wildman–Crippen MR) is 135 cm³/mol. The lowest BCUT2D eigenvalue weighted by molar-refractivity contribution is -0.925. The van der Waals surface area contributed by atoms with Gasteiger partial charge in [0.2, 0.25) is 11.2 Å². The van der Waals surface area contributed by atoms with Crippen molar-refractivity contribution in [3.05, 3.63) is 99.4 Å². The van der Waals surface area contributed by atoms with Gasteiger partial charge in [0.15, 0.2) is 5.58 Å². The van der Waals surface area contributed by atoms with E-state index in [0.717, 1.165) is 10.5 Å². The maximum atomic E-state index is 14.2. The minimum Gasteiger partial charge on any atom is -0.507 e. The number of hydrogen-bond acceptors (Lipinski definition) is 4. The Balaban J connectivity index is 1.85. The van der Waals surface area contributed by atoms with E-state index in [0.29, 0.717) is 18.7 Å². The van der Waals surface area contributed by atoms with Crippen LogP contribution in [0.15, 0.2) is 75.9 Å². The number of fused-ring (bicyclic) bond motifs is 1. The third-order valence-electron chi connectivity index (χ3n) is 6.33. The molecule has 8 heteroatoms. The number of phenols is 1. The van der Waals surface area contributed by atoms with Crippen LogP contribution in [0.4, 0.5) is 13.2 Å². The van der Waals surface area contributed by atoms with Crippen LogP contribution in [0.25, 0.3) is 11.0 Å². The molecule has 0 aliphatic carbocycles. The fourth-order valence-electron chi connectivity index (χ4n) is 4.34. The van der Waals surface area contributed by atoms with Crippen molar-refractivity contribution in [1.82, 2.24) is 0 Å². The third-order valence-corrected chi connectivity index (χ3v) is 6.33. The highest BCUT2D eigenvalue weighted by Gasteiger charge is 2.41. The standard InChI is InChI=1S/C29H28F3NO4/c1-4-33(16-19-10-6-5-7-11-19)17-22-23(34)15-14-21-25(35)27(28(29(30,31)32)37-26(21)22)36-24-13-9-8-12-20(24)18(2)3/h5-15,18,34H,4,16-17H2,1-3H3/p+1. The molecule has 0 aliphatic rings. The normalized spacial score (nSPS) is 12.7. The van der Waals surface area contributed by atoms with E-state index in [4.69, 9.17) is 9.15 Å². The summed E-state index contributed by atoms with van der Waals surface area (Å²) in [7, 11) is 0. The highest BCUT2D eigenvalue weighted by Crippen LogP contribution is 2.40. The Morgan fingerprint density at radius 3 is 2.30 bits per heavy atom. The van der Waals surface area contributed by atoms with Crippen LogP contribution < -0.4 is 15.1 Å². The van der Waals surface area contributed by atoms with E-state index in [9.17, 15) is 23.1 Å². The quantitative estimate of drug-likeness (QED) is 0.302. The van der Waals surface area contributed by atoms with E-state index in [-0.39, 0.29) is 40.5 Å². The topological polar surface area (TPSA) is 64.1 Å². The van der Waals surface area contributed by atoms with E-state index in [1.807, 2.05) is 51.1 Å². The Hall–Kier alpha value is -3.78. The minimum atomic E-state index is -5.00. The zero-order valence-electron chi connectivity index (χ0n) is 20.9. The molecule has 0 bridgehead atoms. The molecule has 1 aromatic heterocycles. The van der Waals surface area contributed by atoms with Crippen molar-refractivity contribution in [1.29, 1.82) is 0 Å². The van der Waals surface area contributed by atoms with Crippen LogP contribution in [0, 0.1) is 0 Å². The van der Waals surface area contributed by atoms with Crippen molar-refractivity contribution in [3.8, 4) is 17.2 Å². The van der Waals surface area contributed by atoms with E-state index in [1.54, 1.807) is 18.2 Å². The largest absolute Gasteiger partial charge is 0.507 e. The molecule has 0 saturated carbocycles. The summed E-state index contributed by atoms with van der Waals surface area (Å²) < 4.78 is 53.6. The number of benzene rings is 3. The van der Waals surface area contributed by atoms with Gasteiger partial charge < -0.3 is 19.2 Å². The second-order valence-corrected chi connectivity index (χ2v) is 9.26. The van der Waals surface area contributed by atoms with Gasteiger partial charge >= 0.3 is 6.18 Å². The predicted octanol–water partition coefficient (Wildman–Crippen LogP) is 6.04. The number of quaternary nitrogens is 1. The average Bonchev–Trinajstić information content (AvgIpc) is 2.86. The molecule has 1 unspecified atom stereocenters. The Morgan fingerprint density at radius 2 is 1.65 bits per heavy atom. The highest BCUT2D eigenvalue weighted by atomic mass is 19.4. The first kappa shape index (κ1) is 26.3. The van der Waals surface area contributed by atoms with Crippen molar-refractivity contribution >= 4 is 11.0 Å². The second-order valence-electron chi connectivity index (χ2n) is 9.26. The van der Waals surface area contributed by atoms with Crippen molar-refractivity contribution in [3.63, 3.8) is 0 Å². The van der Waals surface area contributed by atoms with Gasteiger partial charge in [0.1, 0.15) is 24.6 Å². The first-order valence-corrected chi connectivity index (χ1v) is 12.1. The lowest BCUT2D eigenvalue weighted by atomic mass is 10.0. The molecule has 0 radical (unpaired) electrons. The molecular formula is C29H29F3NO4+. The first-order valence-electron chi connectivity index (χ1n) is 12.1. The lowest BCUT2D eigenvalue weighted by Gasteiger charge is -2.20. The molecule has 1 heterocycles. The molecule has 0 amide bonds. The maximum Gasteiger partial charge on any atom is 0.453 e. The summed E-state index contributed by atoms with van der Waals surface area (Å²) in [5.74, 6) is -2.58. The number of alkyl halides is 3. The maximum absolute atomic E-state index is 14.2. The number of ether oxygens (including phenoxy) is 1. The monoisotopic (exact) mass is 512 g/mol. The number of nitrogens with one attached hydrogen (secondary N) is 1. The van der Waals surface area contributed by atoms with Gasteiger partial charge in [-0.1, -0.05) is 62.4 Å². The van der Waals surface area contributed by atoms with Crippen LogP contribution in [-0.2, 0) is 19.3 Å². The summed E-state index contributed by atoms with van der Waals surface area (Å²) in [6.07, 6.45) is -5.00. The van der Waals surface area contributed by atoms with E-state index in [2.05, 4.69) is 0 Å². The van der Waals surface area contributed by atoms with Gasteiger partial charge in [0, 0.05) is 5.56 Å². The number of halogens is 3. The molecule has 5 nitrogen and oxygen atoms in total. The first-order chi connectivity index (χ1) is 17.6. The Kier molecular flexibility index (Phi) is 7.59. The Labute approximate surface area is 212 Å². The number of para-hydroxylation sites is 1. The Bertz CT molecular complexity index is 1450. The summed E-state index contributed by atoms with van der Waals surface area (Å²) in [5, 5.41) is 10.5. The minimum absolute atomic E-state index is 0.0470. The number of rotatable bonds is 8. The Morgan fingerprint density at radius 1 is 0.973 bits per heavy atom. The summed E-state index contributed by atoms with van der Waals surface area (Å²) in [4.78, 5) is 14.4. The molecular weight excluding hydrogens is 483 g/mol. The van der Waals surface area contributed by atoms with Crippen LogP contribution in [0.5, 0.6) is 17.2 Å². The zero-order chi connectivity index (χ0) is 26.7. The summed E-state index contributed by atoms with van der Waals surface area (Å²) in [5.41, 5.74) is 0.595. The number of aromatic hydroxyl groups is 1. The van der Waals surface area contributed by atoms with Crippen molar-refractivity contribution in [2.24, 2.45) is 0 Å². The molecule has 0 spiro atoms. The van der Waals surface area contributed by atoms with Gasteiger partial charge in [0.05, 0.1) is 17.5 Å². The van der Waals surface area contributed by atoms with E-state index in [1.165, 1.54) is 18.2 Å². The van der Waals surface area contributed by atoms with Crippen molar-refractivity contribution < 1.29 is 32.3 Å². The van der Waals surface area contributed by atoms with Crippen LogP contribution in [0.3, 0.4) is 0 Å². The molecule has 0 fully saturated rings. The molecule has 4 aromatic rings. The van der Waals surface area contributed by atoms with E-state index < -0.39 is 23.1 Å². The highest BCUT2D eigenvalue weighted by molar-refractivity contribution is 5.83. The molecule has 37 heavy (non-hydrogen) atoms. The number of phenolic OH excluding ortho intramolecular Hbond substituents is 1. The molecule has 194 valence electrons. The summed E-state index contributed by atoms with van der Waals surface area (Å²) in [6, 6.07) is 18.8. The van der Waals surface area contributed by atoms with Crippen molar-refractivity contribution in [2.45, 2.75) is 46.0 Å². The summed E-state index contributed by atoms with van der Waals surface area (Å²) in [6.45, 7) is 7.07. The van der Waals surface area contributed by atoms with Gasteiger partial charge in [0.25, 0.3) is 5.76 Å². The molecule has 3 aromatic carbocycles. The number of hydrogen-bond donors (Lipinski definition) is 2. The fraction of sp³-hybridized carbons (Fsp3) is 0.276. The van der Waals surface area contributed by atoms with Crippen LogP contribution in [0.2, 0.25) is 0 Å². The van der Waals surface area contributed by atoms with Crippen molar-refractivity contribution in [2.75, 3.05) is 6.54 Å². The van der Waals surface area contributed by atoms with Crippen LogP contribution in [-0.4, -0.2) is 11.7 Å². The molecule has 1 atom stereocenters. The van der Waals surface area contributed by atoms with Gasteiger partial charge in [-0.25, -0.2) is 0 Å². The molecule has 4 rings (SSSR count). The lowest BCUT2D eigenvalue weighted by Crippen LogP contribution is -3.09. The van der Waals surface area contributed by atoms with Gasteiger partial charge in [-0.15, -0.1) is 0 Å². The smallest absolute Gasteiger partial charge is 0.453 e. The molecule has 0 aliphatic heterocycles. The van der Waals surface area contributed by atoms with Gasteiger partial charge in [-0.3, -0.25) is 4.79 Å². The van der Waals surface area contributed by atoms with Gasteiger partial charge in [-0.05, 0) is 36.6 Å². The van der Waals surface area contributed by atoms with Gasteiger partial charge in [-0.2, -0.15) is 13.2 Å². The zero-order valence-corrected chi connectivity index (χ0v) is 20.9. The summed E-state index contributed by atoms with van der Waals surface area (Å²) >= 11 is 0. The average molecular weight is 513 g/mol. The molecule has 0 saturated heterocycles. The SMILES string of the molecule is CC[NH+](Cc1ccccc1)Cc1c(O)ccc2c(=O)c(Oc3ccccc3C(C)C)c(C(F)(F)F)oc12. The third kappa shape index (κ3) is 5.64.